The molecule has 1 saturated carbocycles. The number of Topliss-reactive ketones (excluding diaryl/α,β-unsaturated/α-hetero) is 1. The number of nitrogens with two attached hydrogens (primary N) is 1. The molecule has 0 aliphatic heterocycles. The van der Waals surface area contributed by atoms with Crippen molar-refractivity contribution >= 4 is 28.9 Å². The van der Waals surface area contributed by atoms with E-state index in [2.05, 4.69) is 10.3 Å². The minimum atomic E-state index is -0.682. The lowest BCUT2D eigenvalue weighted by Crippen LogP contribution is -2.47. The number of rotatable bonds is 14. The molecule has 37 heavy (non-hydrogen) atoms. The second-order valence-corrected chi connectivity index (χ2v) is 10.2. The van der Waals surface area contributed by atoms with Crippen molar-refractivity contribution in [2.24, 2.45) is 5.73 Å². The lowest BCUT2D eigenvalue weighted by molar-refractivity contribution is -0.137. The highest BCUT2D eigenvalue weighted by Gasteiger charge is 2.35. The molecule has 4 rings (SSSR count). The fourth-order valence-electron chi connectivity index (χ4n) is 4.57. The molecule has 3 N–H and O–H groups in total. The zero-order valence-electron chi connectivity index (χ0n) is 20.9. The van der Waals surface area contributed by atoms with Crippen LogP contribution < -0.4 is 11.1 Å². The maximum absolute atomic E-state index is 13.6. The summed E-state index contributed by atoms with van der Waals surface area (Å²) in [6, 6.07) is 19.4. The van der Waals surface area contributed by atoms with Crippen LogP contribution in [0.5, 0.6) is 0 Å². The van der Waals surface area contributed by atoms with E-state index < -0.39 is 6.04 Å². The van der Waals surface area contributed by atoms with Crippen molar-refractivity contribution in [3.8, 4) is 0 Å². The molecular formula is C29H34N4O3S. The number of amides is 2. The number of hydrogen-bond donors (Lipinski definition) is 2. The lowest BCUT2D eigenvalue weighted by Gasteiger charge is -2.26. The van der Waals surface area contributed by atoms with Gasteiger partial charge in [0, 0.05) is 23.8 Å². The van der Waals surface area contributed by atoms with Crippen LogP contribution in [0, 0.1) is 0 Å². The largest absolute Gasteiger partial charge is 0.344 e. The summed E-state index contributed by atoms with van der Waals surface area (Å²) in [5.41, 5.74) is 9.71. The van der Waals surface area contributed by atoms with Gasteiger partial charge < -0.3 is 16.0 Å². The molecule has 1 atom stereocenters. The van der Waals surface area contributed by atoms with E-state index in [1.807, 2.05) is 60.7 Å². The van der Waals surface area contributed by atoms with Crippen molar-refractivity contribution in [2.75, 3.05) is 13.1 Å². The summed E-state index contributed by atoms with van der Waals surface area (Å²) in [6.07, 6.45) is 4.02. The Balaban J connectivity index is 1.45. The Kier molecular flexibility index (Phi) is 9.57. The summed E-state index contributed by atoms with van der Waals surface area (Å²) >= 11 is 1.34. The molecular weight excluding hydrogens is 484 g/mol. The normalized spacial score (nSPS) is 13.8. The predicted octanol–water partition coefficient (Wildman–Crippen LogP) is 4.15. The first kappa shape index (κ1) is 26.7. The van der Waals surface area contributed by atoms with Gasteiger partial charge in [-0.2, -0.15) is 0 Å². The lowest BCUT2D eigenvalue weighted by atomic mass is 9.88. The van der Waals surface area contributed by atoms with Crippen LogP contribution in [0.4, 0.5) is 0 Å². The van der Waals surface area contributed by atoms with Crippen LogP contribution in [-0.2, 0) is 9.59 Å². The van der Waals surface area contributed by atoms with Crippen molar-refractivity contribution in [3.05, 3.63) is 88.4 Å². The number of carbonyl (C=O) groups is 3. The summed E-state index contributed by atoms with van der Waals surface area (Å²) in [5, 5.41) is 4.58. The van der Waals surface area contributed by atoms with E-state index in [1.165, 1.54) is 11.3 Å². The van der Waals surface area contributed by atoms with Crippen molar-refractivity contribution in [1.82, 2.24) is 15.2 Å². The van der Waals surface area contributed by atoms with Crippen molar-refractivity contribution in [1.29, 1.82) is 0 Å². The van der Waals surface area contributed by atoms with Gasteiger partial charge in [-0.1, -0.05) is 60.7 Å². The molecule has 7 nitrogen and oxygen atoms in total. The van der Waals surface area contributed by atoms with E-state index in [-0.39, 0.29) is 42.5 Å². The standard InChI is InChI=1S/C29H34N4O3S/c30-16-8-7-13-25(29(36)26-19-37-20-31-26)32-27(34)18-33(23-14-15-23)28(35)17-24(21-9-3-1-4-10-21)22-11-5-2-6-12-22/h1-6,9-12,19-20,23-25H,7-8,13-18,30H2,(H,32,34)/t25-/m0/s1. The number of hydrogen-bond acceptors (Lipinski definition) is 6. The Hall–Kier alpha value is -3.36. The Bertz CT molecular complexity index is 1110. The molecule has 0 unspecified atom stereocenters. The van der Waals surface area contributed by atoms with Crippen LogP contribution in [-0.4, -0.2) is 52.7 Å². The molecule has 0 bridgehead atoms. The van der Waals surface area contributed by atoms with Gasteiger partial charge in [-0.25, -0.2) is 4.98 Å². The smallest absolute Gasteiger partial charge is 0.240 e. The summed E-state index contributed by atoms with van der Waals surface area (Å²) in [7, 11) is 0. The third-order valence-corrected chi connectivity index (χ3v) is 7.27. The minimum Gasteiger partial charge on any atom is -0.344 e. The molecule has 1 aromatic heterocycles. The zero-order valence-corrected chi connectivity index (χ0v) is 21.7. The highest BCUT2D eigenvalue weighted by molar-refractivity contribution is 7.07. The number of carbonyl (C=O) groups excluding carboxylic acids is 3. The third kappa shape index (κ3) is 7.57. The molecule has 1 heterocycles. The summed E-state index contributed by atoms with van der Waals surface area (Å²) in [5.74, 6) is -0.683. The maximum atomic E-state index is 13.6. The number of ketones is 1. The van der Waals surface area contributed by atoms with E-state index in [9.17, 15) is 14.4 Å². The molecule has 8 heteroatoms. The van der Waals surface area contributed by atoms with Crippen LogP contribution in [0.1, 0.15) is 66.1 Å². The summed E-state index contributed by atoms with van der Waals surface area (Å²) in [6.45, 7) is 0.469. The number of nitrogens with zero attached hydrogens (tertiary/aromatic N) is 2. The number of benzene rings is 2. The fraction of sp³-hybridized carbons (Fsp3) is 0.379. The average molecular weight is 519 g/mol. The third-order valence-electron chi connectivity index (χ3n) is 6.69. The monoisotopic (exact) mass is 518 g/mol. The Morgan fingerprint density at radius 2 is 1.65 bits per heavy atom. The van der Waals surface area contributed by atoms with Crippen LogP contribution in [0.3, 0.4) is 0 Å². The molecule has 3 aromatic rings. The van der Waals surface area contributed by atoms with Gasteiger partial charge in [-0.05, 0) is 49.8 Å². The highest BCUT2D eigenvalue weighted by atomic mass is 32.1. The van der Waals surface area contributed by atoms with Crippen molar-refractivity contribution < 1.29 is 14.4 Å². The van der Waals surface area contributed by atoms with Crippen LogP contribution in [0.25, 0.3) is 0 Å². The number of thiazole rings is 1. The van der Waals surface area contributed by atoms with Gasteiger partial charge in [0.05, 0.1) is 18.1 Å². The predicted molar refractivity (Wildman–Crippen MR) is 145 cm³/mol. The van der Waals surface area contributed by atoms with Gasteiger partial charge in [0.1, 0.15) is 5.69 Å². The molecule has 2 aromatic carbocycles. The van der Waals surface area contributed by atoms with E-state index in [1.54, 1.807) is 15.8 Å². The van der Waals surface area contributed by atoms with Crippen LogP contribution >= 0.6 is 11.3 Å². The molecule has 194 valence electrons. The second-order valence-electron chi connectivity index (χ2n) is 9.47. The fourth-order valence-corrected chi connectivity index (χ4v) is 5.11. The van der Waals surface area contributed by atoms with Gasteiger partial charge >= 0.3 is 0 Å². The molecule has 0 spiro atoms. The molecule has 0 saturated heterocycles. The quantitative estimate of drug-likeness (QED) is 0.246. The Morgan fingerprint density at radius 1 is 1.00 bits per heavy atom. The molecule has 1 aliphatic rings. The first-order valence-corrected chi connectivity index (χ1v) is 13.8. The van der Waals surface area contributed by atoms with E-state index in [4.69, 9.17) is 5.73 Å². The molecule has 1 fully saturated rings. The Morgan fingerprint density at radius 3 is 2.19 bits per heavy atom. The molecule has 1 aliphatic carbocycles. The minimum absolute atomic E-state index is 0.0548. The van der Waals surface area contributed by atoms with Crippen molar-refractivity contribution in [3.63, 3.8) is 0 Å². The molecule has 0 radical (unpaired) electrons. The van der Waals surface area contributed by atoms with Crippen molar-refractivity contribution in [2.45, 2.75) is 56.5 Å². The Labute approximate surface area is 222 Å². The number of unbranched alkanes of at least 4 members (excludes halogenated alkanes) is 1. The van der Waals surface area contributed by atoms with E-state index >= 15 is 0 Å². The average Bonchev–Trinajstić information content (AvgIpc) is 3.62. The summed E-state index contributed by atoms with van der Waals surface area (Å²) in [4.78, 5) is 45.5. The van der Waals surface area contributed by atoms with Gasteiger partial charge in [0.15, 0.2) is 0 Å². The van der Waals surface area contributed by atoms with E-state index in [0.717, 1.165) is 36.8 Å². The maximum Gasteiger partial charge on any atom is 0.240 e. The van der Waals surface area contributed by atoms with Crippen LogP contribution in [0.15, 0.2) is 71.6 Å². The number of aromatic nitrogens is 1. The SMILES string of the molecule is NCCCC[C@H](NC(=O)CN(C(=O)CC(c1ccccc1)c1ccccc1)C1CC1)C(=O)c1cscn1. The second kappa shape index (κ2) is 13.3. The van der Waals surface area contributed by atoms with E-state index in [0.29, 0.717) is 18.7 Å². The topological polar surface area (TPSA) is 105 Å². The highest BCUT2D eigenvalue weighted by Crippen LogP contribution is 2.32. The number of nitrogens with one attached hydrogen (secondary N) is 1. The first-order chi connectivity index (χ1) is 18.1. The van der Waals surface area contributed by atoms with Gasteiger partial charge in [-0.3, -0.25) is 14.4 Å². The first-order valence-electron chi connectivity index (χ1n) is 12.9. The van der Waals surface area contributed by atoms with Crippen LogP contribution in [0.2, 0.25) is 0 Å². The molecule has 2 amide bonds. The summed E-state index contributed by atoms with van der Waals surface area (Å²) < 4.78 is 0. The van der Waals surface area contributed by atoms with Gasteiger partial charge in [-0.15, -0.1) is 11.3 Å². The van der Waals surface area contributed by atoms with Gasteiger partial charge in [0.25, 0.3) is 0 Å². The van der Waals surface area contributed by atoms with Gasteiger partial charge in [0.2, 0.25) is 17.6 Å². The zero-order chi connectivity index (χ0) is 26.0.